The largest absolute Gasteiger partial charge is 0.495 e. The average Bonchev–Trinajstić information content (AvgIpc) is 3.73. The van der Waals surface area contributed by atoms with Crippen LogP contribution < -0.4 is 25.2 Å². The fraction of sp³-hybridized carbons (Fsp3) is 0.286. The Hall–Kier alpha value is -4.07. The summed E-state index contributed by atoms with van der Waals surface area (Å²) >= 11 is 0. The Morgan fingerprint density at radius 3 is 2.28 bits per heavy atom. The van der Waals surface area contributed by atoms with E-state index in [1.54, 1.807) is 25.3 Å². The lowest BCUT2D eigenvalue weighted by molar-refractivity contribution is 0.0950. The van der Waals surface area contributed by atoms with Crippen molar-refractivity contribution in [2.45, 2.75) is 18.9 Å². The van der Waals surface area contributed by atoms with E-state index in [-0.39, 0.29) is 17.5 Å². The van der Waals surface area contributed by atoms with Gasteiger partial charge in [-0.2, -0.15) is 0 Å². The molecule has 2 aliphatic rings. The fourth-order valence-electron chi connectivity index (χ4n) is 4.47. The van der Waals surface area contributed by atoms with E-state index < -0.39 is 11.7 Å². The van der Waals surface area contributed by atoms with Crippen molar-refractivity contribution in [2.75, 3.05) is 48.4 Å². The second-order valence-corrected chi connectivity index (χ2v) is 9.09. The highest BCUT2D eigenvalue weighted by molar-refractivity contribution is 6.06. The Balaban J connectivity index is 1.35. The number of piperazine rings is 1. The molecule has 2 amide bonds. The number of amides is 2. The third kappa shape index (κ3) is 5.27. The molecule has 2 N–H and O–H groups in total. The fourth-order valence-corrected chi connectivity index (χ4v) is 4.47. The minimum atomic E-state index is -0.477. The van der Waals surface area contributed by atoms with Crippen LogP contribution in [-0.2, 0) is 0 Å². The van der Waals surface area contributed by atoms with Crippen LogP contribution >= 0.6 is 0 Å². The molecule has 5 rings (SSSR count). The molecule has 8 heteroatoms. The van der Waals surface area contributed by atoms with E-state index in [0.717, 1.165) is 56.1 Å². The number of rotatable bonds is 7. The lowest BCUT2D eigenvalue weighted by Gasteiger charge is -2.38. The summed E-state index contributed by atoms with van der Waals surface area (Å²) in [5.41, 5.74) is 3.11. The number of benzene rings is 3. The summed E-state index contributed by atoms with van der Waals surface area (Å²) in [7, 11) is 1.68. The van der Waals surface area contributed by atoms with Crippen LogP contribution in [0.2, 0.25) is 0 Å². The number of hydrogen-bond acceptors (Lipinski definition) is 5. The Bertz CT molecular complexity index is 1270. The van der Waals surface area contributed by atoms with Crippen LogP contribution in [0.3, 0.4) is 0 Å². The van der Waals surface area contributed by atoms with Crippen LogP contribution in [0.25, 0.3) is 0 Å². The highest BCUT2D eigenvalue weighted by Gasteiger charge is 2.28. The Morgan fingerprint density at radius 1 is 0.861 bits per heavy atom. The van der Waals surface area contributed by atoms with E-state index in [1.165, 1.54) is 18.2 Å². The molecule has 0 spiro atoms. The van der Waals surface area contributed by atoms with Crippen LogP contribution in [0.4, 0.5) is 21.5 Å². The Kier molecular flexibility index (Phi) is 6.75. The first-order valence-corrected chi connectivity index (χ1v) is 12.2. The second kappa shape index (κ2) is 10.3. The van der Waals surface area contributed by atoms with E-state index in [2.05, 4.69) is 26.5 Å². The van der Waals surface area contributed by atoms with Gasteiger partial charge < -0.3 is 25.2 Å². The van der Waals surface area contributed by atoms with Crippen LogP contribution in [0.1, 0.15) is 33.6 Å². The van der Waals surface area contributed by atoms with Gasteiger partial charge in [-0.15, -0.1) is 0 Å². The second-order valence-electron chi connectivity index (χ2n) is 9.09. The molecule has 0 unspecified atom stereocenters. The minimum Gasteiger partial charge on any atom is -0.495 e. The first-order valence-electron chi connectivity index (χ1n) is 12.2. The third-order valence-electron chi connectivity index (χ3n) is 6.54. The molecule has 1 aliphatic heterocycles. The van der Waals surface area contributed by atoms with E-state index >= 15 is 0 Å². The number of nitrogens with zero attached hydrogens (tertiary/aromatic N) is 2. The zero-order valence-corrected chi connectivity index (χ0v) is 20.2. The highest BCUT2D eigenvalue weighted by Crippen LogP contribution is 2.31. The lowest BCUT2D eigenvalue weighted by Crippen LogP contribution is -2.47. The summed E-state index contributed by atoms with van der Waals surface area (Å²) in [5.74, 6) is -0.216. The van der Waals surface area contributed by atoms with Crippen molar-refractivity contribution >= 4 is 28.9 Å². The maximum absolute atomic E-state index is 13.6. The highest BCUT2D eigenvalue weighted by atomic mass is 19.1. The van der Waals surface area contributed by atoms with Gasteiger partial charge in [0.2, 0.25) is 0 Å². The molecule has 7 nitrogen and oxygen atoms in total. The Labute approximate surface area is 209 Å². The smallest absolute Gasteiger partial charge is 0.255 e. The van der Waals surface area contributed by atoms with Crippen molar-refractivity contribution in [3.63, 3.8) is 0 Å². The number of ether oxygens (including phenoxy) is 1. The molecule has 1 aliphatic carbocycles. The molecule has 1 saturated carbocycles. The molecule has 186 valence electrons. The van der Waals surface area contributed by atoms with Crippen LogP contribution in [0.15, 0.2) is 66.7 Å². The summed E-state index contributed by atoms with van der Waals surface area (Å²) in [4.78, 5) is 30.3. The van der Waals surface area contributed by atoms with Gasteiger partial charge in [0, 0.05) is 49.2 Å². The Morgan fingerprint density at radius 2 is 1.58 bits per heavy atom. The molecule has 0 aromatic heterocycles. The van der Waals surface area contributed by atoms with Gasteiger partial charge >= 0.3 is 0 Å². The van der Waals surface area contributed by atoms with E-state index in [1.807, 2.05) is 24.3 Å². The van der Waals surface area contributed by atoms with Gasteiger partial charge in [0.1, 0.15) is 11.6 Å². The number of para-hydroxylation sites is 2. The summed E-state index contributed by atoms with van der Waals surface area (Å²) < 4.78 is 19.1. The lowest BCUT2D eigenvalue weighted by atomic mass is 10.1. The molecule has 0 bridgehead atoms. The monoisotopic (exact) mass is 488 g/mol. The molecular weight excluding hydrogens is 459 g/mol. The molecule has 36 heavy (non-hydrogen) atoms. The van der Waals surface area contributed by atoms with Crippen molar-refractivity contribution in [1.82, 2.24) is 5.32 Å². The number of carbonyl (C=O) groups is 2. The summed E-state index contributed by atoms with van der Waals surface area (Å²) in [6, 6.07) is 19.1. The van der Waals surface area contributed by atoms with Crippen LogP contribution in [0, 0.1) is 5.82 Å². The third-order valence-corrected chi connectivity index (χ3v) is 6.54. The quantitative estimate of drug-likeness (QED) is 0.519. The summed E-state index contributed by atoms with van der Waals surface area (Å²) in [6.07, 6.45) is 1.96. The van der Waals surface area contributed by atoms with Crippen molar-refractivity contribution in [2.24, 2.45) is 0 Å². The van der Waals surface area contributed by atoms with Crippen molar-refractivity contribution < 1.29 is 18.7 Å². The molecule has 1 saturated heterocycles. The normalized spacial score (nSPS) is 15.4. The number of methoxy groups -OCH3 is 1. The summed E-state index contributed by atoms with van der Waals surface area (Å²) in [5, 5.41) is 5.86. The molecule has 2 fully saturated rings. The zero-order valence-electron chi connectivity index (χ0n) is 20.2. The molecule has 1 heterocycles. The maximum Gasteiger partial charge on any atom is 0.255 e. The number of anilines is 3. The predicted octanol–water partition coefficient (Wildman–Crippen LogP) is 4.31. The standard InChI is InChI=1S/C28H29FN4O3/c1-36-26-8-3-2-7-25(26)33-15-13-32(14-16-33)24-12-11-22(18-23(24)28(35)30-21-9-10-21)31-27(34)19-5-4-6-20(29)17-19/h2-8,11-12,17-18,21H,9-10,13-16H2,1H3,(H,30,35)(H,31,34). The molecule has 3 aromatic carbocycles. The van der Waals surface area contributed by atoms with Gasteiger partial charge in [-0.05, 0) is 61.4 Å². The average molecular weight is 489 g/mol. The number of carbonyl (C=O) groups excluding carboxylic acids is 2. The molecule has 0 atom stereocenters. The number of hydrogen-bond donors (Lipinski definition) is 2. The van der Waals surface area contributed by atoms with Crippen LogP contribution in [-0.4, -0.2) is 51.1 Å². The van der Waals surface area contributed by atoms with Gasteiger partial charge in [-0.25, -0.2) is 4.39 Å². The first-order chi connectivity index (χ1) is 17.5. The van der Waals surface area contributed by atoms with Crippen LogP contribution in [0.5, 0.6) is 5.75 Å². The SMILES string of the molecule is COc1ccccc1N1CCN(c2ccc(NC(=O)c3cccc(F)c3)cc2C(=O)NC2CC2)CC1. The maximum atomic E-state index is 13.6. The number of nitrogens with one attached hydrogen (secondary N) is 2. The zero-order chi connectivity index (χ0) is 25.1. The van der Waals surface area contributed by atoms with Crippen molar-refractivity contribution in [3.05, 3.63) is 83.7 Å². The van der Waals surface area contributed by atoms with Crippen molar-refractivity contribution in [1.29, 1.82) is 0 Å². The molecule has 0 radical (unpaired) electrons. The molecule has 3 aromatic rings. The van der Waals surface area contributed by atoms with E-state index in [4.69, 9.17) is 4.74 Å². The topological polar surface area (TPSA) is 73.9 Å². The van der Waals surface area contributed by atoms with Crippen molar-refractivity contribution in [3.8, 4) is 5.75 Å². The predicted molar refractivity (Wildman–Crippen MR) is 139 cm³/mol. The van der Waals surface area contributed by atoms with Gasteiger partial charge in [0.25, 0.3) is 11.8 Å². The first kappa shape index (κ1) is 23.7. The molecular formula is C28H29FN4O3. The van der Waals surface area contributed by atoms with Gasteiger partial charge in [-0.3, -0.25) is 9.59 Å². The minimum absolute atomic E-state index is 0.151. The van der Waals surface area contributed by atoms with Gasteiger partial charge in [0.15, 0.2) is 0 Å². The number of halogens is 1. The van der Waals surface area contributed by atoms with Gasteiger partial charge in [-0.1, -0.05) is 18.2 Å². The summed E-state index contributed by atoms with van der Waals surface area (Å²) in [6.45, 7) is 3.03. The van der Waals surface area contributed by atoms with E-state index in [9.17, 15) is 14.0 Å². The van der Waals surface area contributed by atoms with Gasteiger partial charge in [0.05, 0.1) is 18.4 Å². The van der Waals surface area contributed by atoms with E-state index in [0.29, 0.717) is 11.3 Å².